The molecule has 0 aromatic rings. The fourth-order valence-electron chi connectivity index (χ4n) is 1.85. The van der Waals surface area contributed by atoms with Crippen molar-refractivity contribution in [2.45, 2.75) is 45.1 Å². The van der Waals surface area contributed by atoms with Gasteiger partial charge in [-0.3, -0.25) is 9.59 Å². The Morgan fingerprint density at radius 3 is 2.94 bits per heavy atom. The van der Waals surface area contributed by atoms with E-state index in [4.69, 9.17) is 0 Å². The van der Waals surface area contributed by atoms with Gasteiger partial charge in [-0.2, -0.15) is 0 Å². The lowest BCUT2D eigenvalue weighted by Gasteiger charge is -2.15. The third kappa shape index (κ3) is 5.17. The van der Waals surface area contributed by atoms with Crippen molar-refractivity contribution in [3.63, 3.8) is 0 Å². The van der Waals surface area contributed by atoms with Crippen molar-refractivity contribution in [3.05, 3.63) is 0 Å². The van der Waals surface area contributed by atoms with Crippen LogP contribution in [0.2, 0.25) is 0 Å². The van der Waals surface area contributed by atoms with E-state index in [1.165, 1.54) is 0 Å². The maximum atomic E-state index is 11.4. The van der Waals surface area contributed by atoms with Gasteiger partial charge in [0.15, 0.2) is 0 Å². The minimum atomic E-state index is -0.338. The Bertz CT molecular complexity index is 268. The molecule has 98 valence electrons. The molecule has 0 aromatic heterocycles. The zero-order chi connectivity index (χ0) is 12.7. The first-order valence-electron chi connectivity index (χ1n) is 6.36. The number of aliphatic hydroxyl groups is 1. The standard InChI is InChI=1S/C12H22N2O3/c1-2-10(15)5-7-13-11(16)6-9-14-8-3-4-12(14)17/h10,15H,2-9H2,1H3,(H,13,16). The monoisotopic (exact) mass is 242 g/mol. The minimum Gasteiger partial charge on any atom is -0.393 e. The molecule has 0 aliphatic carbocycles. The summed E-state index contributed by atoms with van der Waals surface area (Å²) in [6.45, 7) is 3.70. The summed E-state index contributed by atoms with van der Waals surface area (Å²) < 4.78 is 0. The van der Waals surface area contributed by atoms with E-state index < -0.39 is 0 Å². The van der Waals surface area contributed by atoms with Crippen LogP contribution in [-0.4, -0.2) is 47.6 Å². The van der Waals surface area contributed by atoms with Crippen LogP contribution < -0.4 is 5.32 Å². The Balaban J connectivity index is 2.07. The van der Waals surface area contributed by atoms with E-state index in [-0.39, 0.29) is 17.9 Å². The summed E-state index contributed by atoms with van der Waals surface area (Å²) in [4.78, 5) is 24.5. The van der Waals surface area contributed by atoms with E-state index in [1.807, 2.05) is 6.92 Å². The third-order valence-electron chi connectivity index (χ3n) is 3.05. The Morgan fingerprint density at radius 2 is 2.35 bits per heavy atom. The molecule has 5 heteroatoms. The van der Waals surface area contributed by atoms with Crippen LogP contribution >= 0.6 is 0 Å². The molecule has 1 saturated heterocycles. The number of carbonyl (C=O) groups excluding carboxylic acids is 2. The fourth-order valence-corrected chi connectivity index (χ4v) is 1.85. The summed E-state index contributed by atoms with van der Waals surface area (Å²) in [5, 5.41) is 12.1. The van der Waals surface area contributed by atoms with Crippen molar-refractivity contribution >= 4 is 11.8 Å². The van der Waals surface area contributed by atoms with E-state index in [9.17, 15) is 14.7 Å². The molecule has 1 rings (SSSR count). The van der Waals surface area contributed by atoms with Crippen molar-refractivity contribution in [2.75, 3.05) is 19.6 Å². The maximum absolute atomic E-state index is 11.4. The van der Waals surface area contributed by atoms with Gasteiger partial charge in [-0.15, -0.1) is 0 Å². The first-order chi connectivity index (χ1) is 8.13. The molecule has 0 spiro atoms. The molecule has 1 fully saturated rings. The van der Waals surface area contributed by atoms with Crippen molar-refractivity contribution in [3.8, 4) is 0 Å². The van der Waals surface area contributed by atoms with Gasteiger partial charge in [0, 0.05) is 32.5 Å². The molecule has 17 heavy (non-hydrogen) atoms. The fraction of sp³-hybridized carbons (Fsp3) is 0.833. The van der Waals surface area contributed by atoms with E-state index in [1.54, 1.807) is 4.90 Å². The smallest absolute Gasteiger partial charge is 0.222 e. The summed E-state index contributed by atoms with van der Waals surface area (Å²) in [7, 11) is 0. The Morgan fingerprint density at radius 1 is 1.59 bits per heavy atom. The second-order valence-electron chi connectivity index (χ2n) is 4.44. The zero-order valence-electron chi connectivity index (χ0n) is 10.4. The summed E-state index contributed by atoms with van der Waals surface area (Å²) in [5.74, 6) is 0.104. The highest BCUT2D eigenvalue weighted by Crippen LogP contribution is 2.09. The van der Waals surface area contributed by atoms with Crippen LogP contribution in [0.5, 0.6) is 0 Å². The predicted octanol–water partition coefficient (Wildman–Crippen LogP) is 0.276. The summed E-state index contributed by atoms with van der Waals surface area (Å²) >= 11 is 0. The average molecular weight is 242 g/mol. The largest absolute Gasteiger partial charge is 0.393 e. The van der Waals surface area contributed by atoms with Gasteiger partial charge in [0.05, 0.1) is 6.10 Å². The van der Waals surface area contributed by atoms with Crippen LogP contribution in [0.25, 0.3) is 0 Å². The van der Waals surface area contributed by atoms with Crippen LogP contribution in [0.15, 0.2) is 0 Å². The van der Waals surface area contributed by atoms with Gasteiger partial charge in [0.2, 0.25) is 11.8 Å². The van der Waals surface area contributed by atoms with Crippen LogP contribution in [0, 0.1) is 0 Å². The van der Waals surface area contributed by atoms with Gasteiger partial charge in [-0.25, -0.2) is 0 Å². The van der Waals surface area contributed by atoms with E-state index in [0.29, 0.717) is 38.8 Å². The molecule has 0 bridgehead atoms. The number of carbonyl (C=O) groups is 2. The Kier molecular flexibility index (Phi) is 5.97. The number of likely N-dealkylation sites (tertiary alicyclic amines) is 1. The first kappa shape index (κ1) is 14.0. The second-order valence-corrected chi connectivity index (χ2v) is 4.44. The maximum Gasteiger partial charge on any atom is 0.222 e. The van der Waals surface area contributed by atoms with E-state index in [0.717, 1.165) is 13.0 Å². The molecule has 1 aliphatic rings. The number of rotatable bonds is 7. The van der Waals surface area contributed by atoms with Gasteiger partial charge in [0.25, 0.3) is 0 Å². The number of nitrogens with zero attached hydrogens (tertiary/aromatic N) is 1. The molecular weight excluding hydrogens is 220 g/mol. The van der Waals surface area contributed by atoms with E-state index in [2.05, 4.69) is 5.32 Å². The van der Waals surface area contributed by atoms with E-state index >= 15 is 0 Å². The average Bonchev–Trinajstić information content (AvgIpc) is 2.72. The van der Waals surface area contributed by atoms with Gasteiger partial charge in [0.1, 0.15) is 0 Å². The topological polar surface area (TPSA) is 69.6 Å². The molecule has 0 saturated carbocycles. The minimum absolute atomic E-state index is 0.0481. The van der Waals surface area contributed by atoms with Gasteiger partial charge in [-0.1, -0.05) is 6.92 Å². The van der Waals surface area contributed by atoms with Crippen LogP contribution in [-0.2, 0) is 9.59 Å². The highest BCUT2D eigenvalue weighted by molar-refractivity contribution is 5.80. The highest BCUT2D eigenvalue weighted by atomic mass is 16.3. The van der Waals surface area contributed by atoms with Gasteiger partial charge < -0.3 is 15.3 Å². The van der Waals surface area contributed by atoms with Crippen molar-refractivity contribution in [1.82, 2.24) is 10.2 Å². The molecule has 5 nitrogen and oxygen atoms in total. The summed E-state index contributed by atoms with van der Waals surface area (Å²) in [6, 6.07) is 0. The molecule has 2 N–H and O–H groups in total. The number of aliphatic hydroxyl groups excluding tert-OH is 1. The quantitative estimate of drug-likeness (QED) is 0.673. The number of amides is 2. The third-order valence-corrected chi connectivity index (χ3v) is 3.05. The van der Waals surface area contributed by atoms with Crippen molar-refractivity contribution in [1.29, 1.82) is 0 Å². The molecular formula is C12H22N2O3. The van der Waals surface area contributed by atoms with Crippen LogP contribution in [0.1, 0.15) is 39.0 Å². The van der Waals surface area contributed by atoms with Crippen molar-refractivity contribution in [2.24, 2.45) is 0 Å². The number of hydrogen-bond donors (Lipinski definition) is 2. The SMILES string of the molecule is CCC(O)CCNC(=O)CCN1CCCC1=O. The van der Waals surface area contributed by atoms with Crippen molar-refractivity contribution < 1.29 is 14.7 Å². The van der Waals surface area contributed by atoms with Crippen LogP contribution in [0.4, 0.5) is 0 Å². The second kappa shape index (κ2) is 7.27. The normalized spacial score (nSPS) is 17.3. The van der Waals surface area contributed by atoms with Crippen LogP contribution in [0.3, 0.4) is 0 Å². The molecule has 0 radical (unpaired) electrons. The summed E-state index contributed by atoms with van der Waals surface area (Å²) in [5.41, 5.74) is 0. The molecule has 1 aliphatic heterocycles. The number of hydrogen-bond acceptors (Lipinski definition) is 3. The lowest BCUT2D eigenvalue weighted by Crippen LogP contribution is -2.32. The molecule has 2 amide bonds. The molecule has 1 unspecified atom stereocenters. The highest BCUT2D eigenvalue weighted by Gasteiger charge is 2.20. The molecule has 0 aromatic carbocycles. The zero-order valence-corrected chi connectivity index (χ0v) is 10.4. The first-order valence-corrected chi connectivity index (χ1v) is 6.36. The molecule has 1 atom stereocenters. The van der Waals surface area contributed by atoms with Gasteiger partial charge in [-0.05, 0) is 19.3 Å². The Labute approximate surface area is 102 Å². The van der Waals surface area contributed by atoms with Gasteiger partial charge >= 0.3 is 0 Å². The number of nitrogens with one attached hydrogen (secondary N) is 1. The summed E-state index contributed by atoms with van der Waals surface area (Å²) in [6.07, 6.45) is 2.83. The lowest BCUT2D eigenvalue weighted by atomic mass is 10.2. The predicted molar refractivity (Wildman–Crippen MR) is 64.4 cm³/mol. The Hall–Kier alpha value is -1.10. The molecule has 1 heterocycles. The lowest BCUT2D eigenvalue weighted by molar-refractivity contribution is -0.128.